The molecule has 1 aliphatic heterocycles. The van der Waals surface area contributed by atoms with E-state index < -0.39 is 5.60 Å². The molecule has 0 fully saturated rings. The molecule has 6 heteroatoms. The van der Waals surface area contributed by atoms with E-state index in [9.17, 15) is 15.0 Å². The van der Waals surface area contributed by atoms with Crippen molar-refractivity contribution in [2.75, 3.05) is 0 Å². The van der Waals surface area contributed by atoms with Gasteiger partial charge < -0.3 is 19.4 Å². The molecule has 0 radical (unpaired) electrons. The molecule has 31 heavy (non-hydrogen) atoms. The van der Waals surface area contributed by atoms with E-state index in [2.05, 4.69) is 22.6 Å². The summed E-state index contributed by atoms with van der Waals surface area (Å²) in [6.07, 6.45) is 6.16. The maximum atomic E-state index is 13.7. The Kier molecular flexibility index (Phi) is 5.37. The lowest BCUT2D eigenvalue weighted by Gasteiger charge is -2.28. The Bertz CT molecular complexity index is 1320. The third kappa shape index (κ3) is 3.96. The van der Waals surface area contributed by atoms with Gasteiger partial charge in [0.25, 0.3) is 0 Å². The second-order valence-electron chi connectivity index (χ2n) is 8.44. The Morgan fingerprint density at radius 2 is 1.94 bits per heavy atom. The minimum Gasteiger partial charge on any atom is -0.508 e. The van der Waals surface area contributed by atoms with E-state index in [1.54, 1.807) is 6.07 Å². The van der Waals surface area contributed by atoms with Crippen molar-refractivity contribution in [3.8, 4) is 28.6 Å². The number of hydrogen-bond acceptors (Lipinski definition) is 5. The van der Waals surface area contributed by atoms with Gasteiger partial charge in [-0.15, -0.1) is 0 Å². The first kappa shape index (κ1) is 21.5. The van der Waals surface area contributed by atoms with Crippen molar-refractivity contribution >= 4 is 39.6 Å². The molecule has 0 saturated carbocycles. The molecule has 2 N–H and O–H groups in total. The van der Waals surface area contributed by atoms with E-state index in [4.69, 9.17) is 9.15 Å². The summed E-state index contributed by atoms with van der Waals surface area (Å²) in [5, 5.41) is 20.7. The van der Waals surface area contributed by atoms with Gasteiger partial charge in [0, 0.05) is 15.2 Å². The quantitative estimate of drug-likeness (QED) is 0.313. The molecule has 0 bridgehead atoms. The van der Waals surface area contributed by atoms with E-state index in [-0.39, 0.29) is 22.7 Å². The Morgan fingerprint density at radius 3 is 2.61 bits per heavy atom. The fourth-order valence-corrected chi connectivity index (χ4v) is 4.39. The molecular formula is C25H23IO5. The van der Waals surface area contributed by atoms with Crippen molar-refractivity contribution in [1.82, 2.24) is 0 Å². The van der Waals surface area contributed by atoms with Gasteiger partial charge in [0.05, 0.1) is 16.5 Å². The predicted molar refractivity (Wildman–Crippen MR) is 131 cm³/mol. The Labute approximate surface area is 193 Å². The minimum absolute atomic E-state index is 0.0688. The van der Waals surface area contributed by atoms with Crippen LogP contribution in [0.2, 0.25) is 0 Å². The highest BCUT2D eigenvalue weighted by Crippen LogP contribution is 2.41. The van der Waals surface area contributed by atoms with Crippen molar-refractivity contribution in [3.63, 3.8) is 0 Å². The number of aromatic hydroxyl groups is 2. The molecule has 0 spiro atoms. The van der Waals surface area contributed by atoms with E-state index in [0.29, 0.717) is 39.8 Å². The highest BCUT2D eigenvalue weighted by molar-refractivity contribution is 14.1. The van der Waals surface area contributed by atoms with E-state index in [1.807, 2.05) is 52.0 Å². The monoisotopic (exact) mass is 530 g/mol. The van der Waals surface area contributed by atoms with Crippen LogP contribution in [0.1, 0.15) is 38.8 Å². The standard InChI is InChI=1S/C25H23IO5/c1-13(2)5-7-17-22(29)21-18(26)12-20-16(9-10-25(3,4)31-20)24(21)30-23(17)15-8-6-14(27)11-19(15)28/h5-6,8-12,27-28H,7H2,1-4H3. The van der Waals surface area contributed by atoms with Gasteiger partial charge in [0.2, 0.25) is 0 Å². The van der Waals surface area contributed by atoms with Crippen molar-refractivity contribution in [3.05, 3.63) is 66.9 Å². The first-order chi connectivity index (χ1) is 14.6. The smallest absolute Gasteiger partial charge is 0.197 e. The number of ether oxygens (including phenoxy) is 1. The van der Waals surface area contributed by atoms with Crippen LogP contribution in [-0.2, 0) is 6.42 Å². The van der Waals surface area contributed by atoms with Gasteiger partial charge in [-0.05, 0) is 87.1 Å². The highest BCUT2D eigenvalue weighted by Gasteiger charge is 2.28. The molecule has 4 rings (SSSR count). The number of halogens is 1. The van der Waals surface area contributed by atoms with Gasteiger partial charge in [-0.2, -0.15) is 0 Å². The van der Waals surface area contributed by atoms with E-state index in [0.717, 1.165) is 9.14 Å². The molecule has 160 valence electrons. The van der Waals surface area contributed by atoms with Crippen LogP contribution >= 0.6 is 22.6 Å². The average Bonchev–Trinajstić information content (AvgIpc) is 2.65. The zero-order valence-corrected chi connectivity index (χ0v) is 19.9. The minimum atomic E-state index is -0.467. The number of fused-ring (bicyclic) bond motifs is 3. The third-order valence-corrected chi connectivity index (χ3v) is 6.03. The molecule has 0 amide bonds. The van der Waals surface area contributed by atoms with Gasteiger partial charge >= 0.3 is 0 Å². The summed E-state index contributed by atoms with van der Waals surface area (Å²) >= 11 is 2.14. The number of phenolic OH excluding ortho intramolecular Hbond substituents is 2. The number of allylic oxidation sites excluding steroid dienone is 2. The van der Waals surface area contributed by atoms with Crippen LogP contribution in [0.3, 0.4) is 0 Å². The molecule has 2 aromatic carbocycles. The molecule has 5 nitrogen and oxygen atoms in total. The summed E-state index contributed by atoms with van der Waals surface area (Å²) in [6.45, 7) is 7.85. The zero-order chi connectivity index (χ0) is 22.5. The summed E-state index contributed by atoms with van der Waals surface area (Å²) in [5.74, 6) is 0.703. The summed E-state index contributed by atoms with van der Waals surface area (Å²) in [7, 11) is 0. The predicted octanol–water partition coefficient (Wildman–Crippen LogP) is 6.17. The Balaban J connectivity index is 2.10. The number of hydrogen-bond donors (Lipinski definition) is 2. The first-order valence-electron chi connectivity index (χ1n) is 9.93. The second-order valence-corrected chi connectivity index (χ2v) is 9.60. The van der Waals surface area contributed by atoms with Crippen LogP contribution in [0, 0.1) is 3.57 Å². The van der Waals surface area contributed by atoms with Crippen LogP contribution in [-0.4, -0.2) is 15.8 Å². The lowest BCUT2D eigenvalue weighted by atomic mass is 9.97. The fraction of sp³-hybridized carbons (Fsp3) is 0.240. The van der Waals surface area contributed by atoms with Crippen molar-refractivity contribution < 1.29 is 19.4 Å². The maximum absolute atomic E-state index is 13.7. The molecule has 2 heterocycles. The highest BCUT2D eigenvalue weighted by atomic mass is 127. The number of rotatable bonds is 3. The van der Waals surface area contributed by atoms with Gasteiger partial charge in [-0.3, -0.25) is 4.79 Å². The summed E-state index contributed by atoms with van der Waals surface area (Å²) in [6, 6.07) is 6.11. The van der Waals surface area contributed by atoms with E-state index in [1.165, 1.54) is 12.1 Å². The third-order valence-electron chi connectivity index (χ3n) is 5.18. The van der Waals surface area contributed by atoms with Crippen LogP contribution in [0.4, 0.5) is 0 Å². The maximum Gasteiger partial charge on any atom is 0.197 e. The number of phenols is 2. The van der Waals surface area contributed by atoms with Crippen molar-refractivity contribution in [1.29, 1.82) is 0 Å². The summed E-state index contributed by atoms with van der Waals surface area (Å²) in [4.78, 5) is 13.7. The Morgan fingerprint density at radius 1 is 1.19 bits per heavy atom. The molecule has 0 aliphatic carbocycles. The molecule has 3 aromatic rings. The average molecular weight is 530 g/mol. The lowest BCUT2D eigenvalue weighted by molar-refractivity contribution is 0.159. The normalized spacial score (nSPS) is 14.2. The van der Waals surface area contributed by atoms with Crippen LogP contribution in [0.5, 0.6) is 17.2 Å². The molecule has 1 aliphatic rings. The molecule has 1 aromatic heterocycles. The van der Waals surface area contributed by atoms with Gasteiger partial charge in [-0.1, -0.05) is 11.6 Å². The fourth-order valence-electron chi connectivity index (χ4n) is 3.62. The van der Waals surface area contributed by atoms with Gasteiger partial charge in [0.1, 0.15) is 28.6 Å². The van der Waals surface area contributed by atoms with Gasteiger partial charge in [-0.25, -0.2) is 0 Å². The van der Waals surface area contributed by atoms with Crippen LogP contribution < -0.4 is 10.2 Å². The number of benzene rings is 2. The van der Waals surface area contributed by atoms with E-state index >= 15 is 0 Å². The largest absolute Gasteiger partial charge is 0.508 e. The zero-order valence-electron chi connectivity index (χ0n) is 17.7. The van der Waals surface area contributed by atoms with Crippen molar-refractivity contribution in [2.45, 2.75) is 39.7 Å². The topological polar surface area (TPSA) is 79.9 Å². The lowest BCUT2D eigenvalue weighted by Crippen LogP contribution is -2.27. The molecule has 0 unspecified atom stereocenters. The SMILES string of the molecule is CC(C)=CCc1c(-c2ccc(O)cc2O)oc2c3c(cc(I)c2c1=O)OC(C)(C)C=C3. The Hall–Kier alpha value is -2.74. The second kappa shape index (κ2) is 7.75. The summed E-state index contributed by atoms with van der Waals surface area (Å²) in [5.41, 5.74) is 2.37. The molecule has 0 saturated heterocycles. The van der Waals surface area contributed by atoms with Gasteiger partial charge in [0.15, 0.2) is 11.0 Å². The molecular weight excluding hydrogens is 507 g/mol. The van der Waals surface area contributed by atoms with Crippen molar-refractivity contribution in [2.24, 2.45) is 0 Å². The van der Waals surface area contributed by atoms with Crippen LogP contribution in [0.15, 0.2) is 51.2 Å². The van der Waals surface area contributed by atoms with Crippen LogP contribution in [0.25, 0.3) is 28.4 Å². The molecule has 0 atom stereocenters. The summed E-state index contributed by atoms with van der Waals surface area (Å²) < 4.78 is 13.2. The first-order valence-corrected chi connectivity index (χ1v) is 11.0.